The molecular formula is C15H12F2N4O2. The van der Waals surface area contributed by atoms with Gasteiger partial charge < -0.3 is 9.47 Å². The molecule has 0 aliphatic heterocycles. The van der Waals surface area contributed by atoms with E-state index in [9.17, 15) is 8.78 Å². The second kappa shape index (κ2) is 6.39. The van der Waals surface area contributed by atoms with Crippen LogP contribution in [0, 0.1) is 0 Å². The Bertz CT molecular complexity index is 818. The van der Waals surface area contributed by atoms with Gasteiger partial charge in [-0.15, -0.1) is 15.3 Å². The molecule has 8 heteroatoms. The molecule has 6 nitrogen and oxygen atoms in total. The van der Waals surface area contributed by atoms with Crippen LogP contribution < -0.4 is 9.47 Å². The number of alkyl halides is 2. The van der Waals surface area contributed by atoms with Crippen molar-refractivity contribution in [3.05, 3.63) is 54.9 Å². The average Bonchev–Trinajstić information content (AvgIpc) is 2.97. The molecule has 3 rings (SSSR count). The van der Waals surface area contributed by atoms with Gasteiger partial charge in [0.1, 0.15) is 18.1 Å². The van der Waals surface area contributed by atoms with Crippen molar-refractivity contribution in [2.24, 2.45) is 0 Å². The van der Waals surface area contributed by atoms with E-state index in [2.05, 4.69) is 21.9 Å². The fraction of sp³-hybridized carbons (Fsp3) is 0.133. The molecule has 0 N–H and O–H groups in total. The number of benzene rings is 1. The standard InChI is InChI=1S/C15H12F2N4O2/c1-2-9-22-10-3-5-11(6-4-10)23-13-8-7-12-18-19-15(14(16)17)21(12)20-13/h2-8,14H,1,9H2. The molecule has 0 fully saturated rings. The third-order valence-corrected chi connectivity index (χ3v) is 2.87. The first-order valence-corrected chi connectivity index (χ1v) is 6.69. The molecule has 0 aliphatic carbocycles. The van der Waals surface area contributed by atoms with Crippen LogP contribution in [0.4, 0.5) is 8.78 Å². The molecule has 3 aromatic rings. The van der Waals surface area contributed by atoms with Gasteiger partial charge in [-0.25, -0.2) is 8.78 Å². The van der Waals surface area contributed by atoms with Crippen LogP contribution in [-0.4, -0.2) is 26.4 Å². The maximum absolute atomic E-state index is 12.8. The maximum Gasteiger partial charge on any atom is 0.299 e. The fourth-order valence-corrected chi connectivity index (χ4v) is 1.86. The summed E-state index contributed by atoms with van der Waals surface area (Å²) in [6.45, 7) is 3.97. The highest BCUT2D eigenvalue weighted by Gasteiger charge is 2.17. The summed E-state index contributed by atoms with van der Waals surface area (Å²) in [7, 11) is 0. The van der Waals surface area contributed by atoms with Gasteiger partial charge in [0.15, 0.2) is 5.65 Å². The normalized spacial score (nSPS) is 10.9. The topological polar surface area (TPSA) is 61.5 Å². The zero-order valence-corrected chi connectivity index (χ0v) is 11.9. The number of ether oxygens (including phenoxy) is 2. The van der Waals surface area contributed by atoms with E-state index in [1.807, 2.05) is 0 Å². The lowest BCUT2D eigenvalue weighted by molar-refractivity contribution is 0.137. The van der Waals surface area contributed by atoms with E-state index in [0.29, 0.717) is 18.1 Å². The first-order chi connectivity index (χ1) is 11.2. The summed E-state index contributed by atoms with van der Waals surface area (Å²) in [6, 6.07) is 9.85. The number of hydrogen-bond donors (Lipinski definition) is 0. The Morgan fingerprint density at radius 3 is 2.52 bits per heavy atom. The highest BCUT2D eigenvalue weighted by molar-refractivity contribution is 5.39. The Balaban J connectivity index is 1.80. The smallest absolute Gasteiger partial charge is 0.299 e. The van der Waals surface area contributed by atoms with Crippen molar-refractivity contribution >= 4 is 5.65 Å². The van der Waals surface area contributed by atoms with E-state index in [1.165, 1.54) is 12.1 Å². The molecule has 0 bridgehead atoms. The number of fused-ring (bicyclic) bond motifs is 1. The van der Waals surface area contributed by atoms with Crippen molar-refractivity contribution in [2.45, 2.75) is 6.43 Å². The molecule has 0 spiro atoms. The van der Waals surface area contributed by atoms with E-state index in [4.69, 9.17) is 9.47 Å². The largest absolute Gasteiger partial charge is 0.490 e. The van der Waals surface area contributed by atoms with Crippen LogP contribution in [-0.2, 0) is 0 Å². The van der Waals surface area contributed by atoms with Gasteiger partial charge in [-0.2, -0.15) is 4.52 Å². The maximum atomic E-state index is 12.8. The number of rotatable bonds is 6. The zero-order chi connectivity index (χ0) is 16.2. The van der Waals surface area contributed by atoms with Crippen molar-refractivity contribution in [3.63, 3.8) is 0 Å². The summed E-state index contributed by atoms with van der Waals surface area (Å²) in [5.41, 5.74) is 0.223. The second-order valence-corrected chi connectivity index (χ2v) is 4.47. The van der Waals surface area contributed by atoms with Crippen molar-refractivity contribution in [1.82, 2.24) is 19.8 Å². The summed E-state index contributed by atoms with van der Waals surface area (Å²) in [5, 5.41) is 11.0. The van der Waals surface area contributed by atoms with Crippen molar-refractivity contribution in [1.29, 1.82) is 0 Å². The van der Waals surface area contributed by atoms with Crippen LogP contribution in [0.15, 0.2) is 49.1 Å². The van der Waals surface area contributed by atoms with Crippen LogP contribution in [0.5, 0.6) is 17.4 Å². The minimum absolute atomic E-state index is 0.152. The number of halogens is 2. The third kappa shape index (κ3) is 3.25. The number of nitrogens with zero attached hydrogens (tertiary/aromatic N) is 4. The summed E-state index contributed by atoms with van der Waals surface area (Å²) in [4.78, 5) is 0. The Kier molecular flexibility index (Phi) is 4.13. The van der Waals surface area contributed by atoms with Crippen LogP contribution in [0.2, 0.25) is 0 Å². The van der Waals surface area contributed by atoms with Gasteiger partial charge in [-0.1, -0.05) is 12.7 Å². The summed E-state index contributed by atoms with van der Waals surface area (Å²) in [6.07, 6.45) is -1.13. The summed E-state index contributed by atoms with van der Waals surface area (Å²) >= 11 is 0. The van der Waals surface area contributed by atoms with Gasteiger partial charge in [0, 0.05) is 6.07 Å². The van der Waals surface area contributed by atoms with Gasteiger partial charge in [-0.3, -0.25) is 0 Å². The second-order valence-electron chi connectivity index (χ2n) is 4.47. The molecule has 2 aromatic heterocycles. The molecule has 0 saturated heterocycles. The SMILES string of the molecule is C=CCOc1ccc(Oc2ccc3nnc(C(F)F)n3n2)cc1. The molecule has 23 heavy (non-hydrogen) atoms. The Morgan fingerprint density at radius 2 is 1.83 bits per heavy atom. The quantitative estimate of drug-likeness (QED) is 0.652. The van der Waals surface area contributed by atoms with Crippen LogP contribution >= 0.6 is 0 Å². The lowest BCUT2D eigenvalue weighted by atomic mass is 10.3. The minimum Gasteiger partial charge on any atom is -0.490 e. The molecular weight excluding hydrogens is 306 g/mol. The first-order valence-electron chi connectivity index (χ1n) is 6.69. The third-order valence-electron chi connectivity index (χ3n) is 2.87. The van der Waals surface area contributed by atoms with Gasteiger partial charge in [0.25, 0.3) is 6.43 Å². The van der Waals surface area contributed by atoms with Gasteiger partial charge in [0.2, 0.25) is 11.7 Å². The molecule has 0 unspecified atom stereocenters. The molecule has 118 valence electrons. The number of aromatic nitrogens is 4. The predicted molar refractivity (Wildman–Crippen MR) is 77.9 cm³/mol. The monoisotopic (exact) mass is 318 g/mol. The van der Waals surface area contributed by atoms with Crippen LogP contribution in [0.1, 0.15) is 12.2 Å². The van der Waals surface area contributed by atoms with Crippen LogP contribution in [0.25, 0.3) is 5.65 Å². The fourth-order valence-electron chi connectivity index (χ4n) is 1.86. The highest BCUT2D eigenvalue weighted by Crippen LogP contribution is 2.24. The Labute approximate surface area is 130 Å². The van der Waals surface area contributed by atoms with Gasteiger partial charge in [0.05, 0.1) is 0 Å². The molecule has 0 saturated carbocycles. The van der Waals surface area contributed by atoms with Gasteiger partial charge >= 0.3 is 0 Å². The molecule has 0 atom stereocenters. The molecule has 2 heterocycles. The first kappa shape index (κ1) is 14.9. The van der Waals surface area contributed by atoms with Crippen molar-refractivity contribution in [2.75, 3.05) is 6.61 Å². The predicted octanol–water partition coefficient (Wildman–Crippen LogP) is 3.42. The Hall–Kier alpha value is -3.03. The Morgan fingerprint density at radius 1 is 1.09 bits per heavy atom. The molecule has 0 radical (unpaired) electrons. The van der Waals surface area contributed by atoms with Crippen molar-refractivity contribution < 1.29 is 18.3 Å². The zero-order valence-electron chi connectivity index (χ0n) is 11.9. The lowest BCUT2D eigenvalue weighted by Gasteiger charge is -2.07. The molecule has 0 amide bonds. The average molecular weight is 318 g/mol. The number of hydrogen-bond acceptors (Lipinski definition) is 5. The molecule has 1 aromatic carbocycles. The minimum atomic E-state index is -2.77. The van der Waals surface area contributed by atoms with Crippen molar-refractivity contribution in [3.8, 4) is 17.4 Å². The van der Waals surface area contributed by atoms with Crippen LogP contribution in [0.3, 0.4) is 0 Å². The lowest BCUT2D eigenvalue weighted by Crippen LogP contribution is -2.01. The van der Waals surface area contributed by atoms with E-state index in [1.54, 1.807) is 30.3 Å². The van der Waals surface area contributed by atoms with Gasteiger partial charge in [-0.05, 0) is 30.3 Å². The van der Waals surface area contributed by atoms with E-state index < -0.39 is 12.2 Å². The summed E-state index contributed by atoms with van der Waals surface area (Å²) < 4.78 is 37.5. The van der Waals surface area contributed by atoms with E-state index in [-0.39, 0.29) is 11.5 Å². The molecule has 0 aliphatic rings. The van der Waals surface area contributed by atoms with E-state index >= 15 is 0 Å². The highest BCUT2D eigenvalue weighted by atomic mass is 19.3. The summed E-state index contributed by atoms with van der Waals surface area (Å²) in [5.74, 6) is 0.784. The van der Waals surface area contributed by atoms with E-state index in [0.717, 1.165) is 4.52 Å².